The topological polar surface area (TPSA) is 64.9 Å². The summed E-state index contributed by atoms with van der Waals surface area (Å²) in [6.45, 7) is 0. The van der Waals surface area contributed by atoms with Gasteiger partial charge < -0.3 is 10.3 Å². The van der Waals surface area contributed by atoms with Gasteiger partial charge in [-0.15, -0.1) is 0 Å². The molecule has 0 aliphatic heterocycles. The smallest absolute Gasteiger partial charge is 0.389 e. The van der Waals surface area contributed by atoms with Gasteiger partial charge in [0.2, 0.25) is 0 Å². The van der Waals surface area contributed by atoms with E-state index >= 15 is 0 Å². The van der Waals surface area contributed by atoms with Crippen molar-refractivity contribution < 1.29 is 22.1 Å². The van der Waals surface area contributed by atoms with Gasteiger partial charge in [0.15, 0.2) is 5.82 Å². The third kappa shape index (κ3) is 3.43. The van der Waals surface area contributed by atoms with Gasteiger partial charge in [0, 0.05) is 12.1 Å². The quantitative estimate of drug-likeness (QED) is 0.691. The lowest BCUT2D eigenvalue weighted by atomic mass is 10.2. The molecule has 8 heteroatoms. The second kappa shape index (κ2) is 4.87. The highest BCUT2D eigenvalue weighted by Gasteiger charge is 2.27. The zero-order chi connectivity index (χ0) is 14.0. The molecule has 102 valence electrons. The highest BCUT2D eigenvalue weighted by Crippen LogP contribution is 2.26. The summed E-state index contributed by atoms with van der Waals surface area (Å²) in [5.74, 6) is -0.760. The van der Waals surface area contributed by atoms with Crippen molar-refractivity contribution in [3.63, 3.8) is 0 Å². The van der Waals surface area contributed by atoms with Crippen molar-refractivity contribution in [2.45, 2.75) is 19.0 Å². The first-order valence-corrected chi connectivity index (χ1v) is 5.30. The van der Waals surface area contributed by atoms with E-state index in [4.69, 9.17) is 10.3 Å². The highest BCUT2D eigenvalue weighted by atomic mass is 19.4. The van der Waals surface area contributed by atoms with Gasteiger partial charge in [-0.3, -0.25) is 0 Å². The monoisotopic (exact) mass is 275 g/mol. The summed E-state index contributed by atoms with van der Waals surface area (Å²) in [5.41, 5.74) is 5.96. The van der Waals surface area contributed by atoms with Crippen LogP contribution in [0.25, 0.3) is 11.5 Å². The minimum Gasteiger partial charge on any atom is -0.398 e. The molecule has 0 amide bonds. The Bertz CT molecular complexity index is 580. The molecule has 19 heavy (non-hydrogen) atoms. The molecule has 0 atom stereocenters. The minimum atomic E-state index is -4.29. The van der Waals surface area contributed by atoms with Gasteiger partial charge in [0.05, 0.1) is 12.0 Å². The van der Waals surface area contributed by atoms with Gasteiger partial charge in [-0.25, -0.2) is 4.39 Å². The summed E-state index contributed by atoms with van der Waals surface area (Å²) in [4.78, 5) is 3.76. The molecule has 2 aromatic rings. The molecule has 1 aromatic heterocycles. The summed E-state index contributed by atoms with van der Waals surface area (Å²) in [5, 5.41) is 3.40. The van der Waals surface area contributed by atoms with Crippen molar-refractivity contribution in [1.29, 1.82) is 0 Å². The highest BCUT2D eigenvalue weighted by molar-refractivity contribution is 5.70. The van der Waals surface area contributed by atoms with E-state index in [1.165, 1.54) is 6.07 Å². The van der Waals surface area contributed by atoms with Crippen LogP contribution in [-0.4, -0.2) is 16.3 Å². The maximum absolute atomic E-state index is 13.0. The van der Waals surface area contributed by atoms with Crippen LogP contribution in [0.2, 0.25) is 0 Å². The average Bonchev–Trinajstić information content (AvgIpc) is 2.77. The largest absolute Gasteiger partial charge is 0.398 e. The number of alkyl halides is 3. The molecule has 0 fully saturated rings. The van der Waals surface area contributed by atoms with Gasteiger partial charge >= 0.3 is 6.18 Å². The van der Waals surface area contributed by atoms with Crippen LogP contribution in [0.4, 0.5) is 23.2 Å². The average molecular weight is 275 g/mol. The number of nitrogens with two attached hydrogens (primary N) is 1. The van der Waals surface area contributed by atoms with E-state index in [0.717, 1.165) is 12.1 Å². The number of aryl methyl sites for hydroxylation is 1. The van der Waals surface area contributed by atoms with Gasteiger partial charge in [0.25, 0.3) is 5.89 Å². The first kappa shape index (κ1) is 13.3. The van der Waals surface area contributed by atoms with Crippen LogP contribution in [0.1, 0.15) is 12.2 Å². The number of hydrogen-bond acceptors (Lipinski definition) is 4. The van der Waals surface area contributed by atoms with Gasteiger partial charge in [-0.05, 0) is 18.2 Å². The van der Waals surface area contributed by atoms with Crippen LogP contribution in [0.15, 0.2) is 22.7 Å². The number of hydrogen-bond donors (Lipinski definition) is 1. The van der Waals surface area contributed by atoms with E-state index in [9.17, 15) is 17.6 Å². The van der Waals surface area contributed by atoms with E-state index in [2.05, 4.69) is 10.1 Å². The predicted molar refractivity (Wildman–Crippen MR) is 58.5 cm³/mol. The number of aromatic nitrogens is 2. The third-order valence-electron chi connectivity index (χ3n) is 2.35. The lowest BCUT2D eigenvalue weighted by molar-refractivity contribution is -0.134. The fourth-order valence-electron chi connectivity index (χ4n) is 1.43. The fraction of sp³-hybridized carbons (Fsp3) is 0.273. The zero-order valence-electron chi connectivity index (χ0n) is 9.54. The standard InChI is InChI=1S/C11H9F4N3O/c12-6-1-2-8(16)7(5-6)10-17-9(18-19-10)3-4-11(13,14)15/h1-2,5H,3-4,16H2. The molecule has 0 saturated carbocycles. The molecule has 0 unspecified atom stereocenters. The van der Waals surface area contributed by atoms with Crippen LogP contribution in [-0.2, 0) is 6.42 Å². The van der Waals surface area contributed by atoms with E-state index < -0.39 is 24.8 Å². The summed E-state index contributed by atoms with van der Waals surface area (Å²) < 4.78 is 53.9. The Morgan fingerprint density at radius 1 is 1.26 bits per heavy atom. The molecule has 0 aliphatic rings. The maximum Gasteiger partial charge on any atom is 0.389 e. The second-order valence-electron chi connectivity index (χ2n) is 3.86. The first-order valence-electron chi connectivity index (χ1n) is 5.30. The summed E-state index contributed by atoms with van der Waals surface area (Å²) in [7, 11) is 0. The van der Waals surface area contributed by atoms with Gasteiger partial charge in [0.1, 0.15) is 5.82 Å². The van der Waals surface area contributed by atoms with Crippen LogP contribution in [0, 0.1) is 5.82 Å². The second-order valence-corrected chi connectivity index (χ2v) is 3.86. The molecule has 2 N–H and O–H groups in total. The van der Waals surface area contributed by atoms with E-state index in [-0.39, 0.29) is 23.0 Å². The lowest BCUT2D eigenvalue weighted by Gasteiger charge is -2.02. The fourth-order valence-corrected chi connectivity index (χ4v) is 1.43. The minimum absolute atomic E-state index is 0.101. The molecular weight excluding hydrogens is 266 g/mol. The Morgan fingerprint density at radius 3 is 2.68 bits per heavy atom. The molecule has 1 heterocycles. The molecule has 0 radical (unpaired) electrons. The number of rotatable bonds is 3. The summed E-state index contributed by atoms with van der Waals surface area (Å²) in [6.07, 6.45) is -5.74. The number of benzene rings is 1. The predicted octanol–water partition coefficient (Wildman–Crippen LogP) is 2.95. The number of anilines is 1. The van der Waals surface area contributed by atoms with Gasteiger partial charge in [-0.1, -0.05) is 5.16 Å². The SMILES string of the molecule is Nc1ccc(F)cc1-c1nc(CCC(F)(F)F)no1. The summed E-state index contributed by atoms with van der Waals surface area (Å²) >= 11 is 0. The molecule has 0 bridgehead atoms. The Balaban J connectivity index is 2.19. The first-order chi connectivity index (χ1) is 8.85. The Kier molecular flexibility index (Phi) is 3.41. The maximum atomic E-state index is 13.0. The molecule has 4 nitrogen and oxygen atoms in total. The Labute approximate surface area is 105 Å². The van der Waals surface area contributed by atoms with E-state index in [1.54, 1.807) is 0 Å². The molecule has 1 aromatic carbocycles. The number of halogens is 4. The lowest BCUT2D eigenvalue weighted by Crippen LogP contribution is -2.09. The van der Waals surface area contributed by atoms with Crippen molar-refractivity contribution in [1.82, 2.24) is 10.1 Å². The van der Waals surface area contributed by atoms with Crippen LogP contribution in [0.3, 0.4) is 0 Å². The number of nitrogen functional groups attached to an aromatic ring is 1. The van der Waals surface area contributed by atoms with E-state index in [1.807, 2.05) is 0 Å². The van der Waals surface area contributed by atoms with Gasteiger partial charge in [-0.2, -0.15) is 18.2 Å². The molecule has 0 aliphatic carbocycles. The van der Waals surface area contributed by atoms with Crippen molar-refractivity contribution in [3.8, 4) is 11.5 Å². The molecule has 0 saturated heterocycles. The third-order valence-corrected chi connectivity index (χ3v) is 2.35. The zero-order valence-corrected chi connectivity index (χ0v) is 9.54. The molecule has 0 spiro atoms. The molecular formula is C11H9F4N3O. The van der Waals surface area contributed by atoms with E-state index in [0.29, 0.717) is 0 Å². The van der Waals surface area contributed by atoms with Crippen LogP contribution >= 0.6 is 0 Å². The number of nitrogens with zero attached hydrogens (tertiary/aromatic N) is 2. The molecule has 2 rings (SSSR count). The van der Waals surface area contributed by atoms with Crippen molar-refractivity contribution in [2.24, 2.45) is 0 Å². The Morgan fingerprint density at radius 2 is 2.00 bits per heavy atom. The van der Waals surface area contributed by atoms with Crippen molar-refractivity contribution in [3.05, 3.63) is 29.8 Å². The van der Waals surface area contributed by atoms with Crippen LogP contribution < -0.4 is 5.73 Å². The van der Waals surface area contributed by atoms with Crippen LogP contribution in [0.5, 0.6) is 0 Å². The van der Waals surface area contributed by atoms with Crippen molar-refractivity contribution >= 4 is 5.69 Å². The Hall–Kier alpha value is -2.12. The summed E-state index contributed by atoms with van der Waals surface area (Å²) in [6, 6.07) is 3.54. The normalized spacial score (nSPS) is 11.8. The van der Waals surface area contributed by atoms with Crippen molar-refractivity contribution in [2.75, 3.05) is 5.73 Å².